The molecule has 1 fully saturated rings. The first-order valence-electron chi connectivity index (χ1n) is 4.06. The molecule has 1 atom stereocenters. The molecule has 1 heterocycles. The van der Waals surface area contributed by atoms with E-state index in [0.29, 0.717) is 6.04 Å². The minimum absolute atomic E-state index is 0.568. The van der Waals surface area contributed by atoms with Gasteiger partial charge in [-0.05, 0) is 14.1 Å². The van der Waals surface area contributed by atoms with Crippen molar-refractivity contribution in [3.8, 4) is 12.3 Å². The van der Waals surface area contributed by atoms with Crippen molar-refractivity contribution in [2.75, 3.05) is 33.7 Å². The summed E-state index contributed by atoms with van der Waals surface area (Å²) in [5, 5.41) is 0. The predicted octanol–water partition coefficient (Wildman–Crippen LogP) is 0.256. The molecule has 0 saturated carbocycles. The molecule has 0 amide bonds. The fraction of sp³-hybridized carbons (Fsp3) is 0.778. The van der Waals surface area contributed by atoms with Crippen molar-refractivity contribution in [2.24, 2.45) is 0 Å². The Morgan fingerprint density at radius 3 is 2.82 bits per heavy atom. The van der Waals surface area contributed by atoms with Gasteiger partial charge in [-0.15, -0.1) is 12.3 Å². The van der Waals surface area contributed by atoms with E-state index in [0.717, 1.165) is 26.1 Å². The molecule has 0 aromatic rings. The van der Waals surface area contributed by atoms with Crippen LogP contribution in [0.1, 0.15) is 6.42 Å². The molecule has 0 N–H and O–H groups in total. The van der Waals surface area contributed by atoms with Crippen molar-refractivity contribution in [3.05, 3.63) is 0 Å². The molecule has 1 saturated heterocycles. The molecule has 2 heteroatoms. The number of likely N-dealkylation sites (N-methyl/N-ethyl adjacent to an activating group) is 2. The quantitative estimate of drug-likeness (QED) is 0.497. The molecule has 1 aliphatic rings. The van der Waals surface area contributed by atoms with Gasteiger partial charge in [0.25, 0.3) is 0 Å². The third kappa shape index (κ3) is 2.21. The number of hydrogen-bond donors (Lipinski definition) is 0. The van der Waals surface area contributed by atoms with Gasteiger partial charge < -0.3 is 4.90 Å². The van der Waals surface area contributed by atoms with E-state index in [2.05, 4.69) is 29.8 Å². The first-order chi connectivity index (χ1) is 5.24. The average molecular weight is 152 g/mol. The van der Waals surface area contributed by atoms with Gasteiger partial charge in [-0.3, -0.25) is 4.90 Å². The number of rotatable bonds is 1. The average Bonchev–Trinajstić information content (AvgIpc) is 1.98. The normalized spacial score (nSPS) is 28.3. The van der Waals surface area contributed by atoms with Gasteiger partial charge in [0, 0.05) is 32.1 Å². The zero-order chi connectivity index (χ0) is 8.27. The van der Waals surface area contributed by atoms with E-state index >= 15 is 0 Å². The second-order valence-electron chi connectivity index (χ2n) is 3.30. The van der Waals surface area contributed by atoms with E-state index in [-0.39, 0.29) is 0 Å². The van der Waals surface area contributed by atoms with Crippen molar-refractivity contribution < 1.29 is 0 Å². The van der Waals surface area contributed by atoms with Crippen molar-refractivity contribution in [2.45, 2.75) is 12.5 Å². The van der Waals surface area contributed by atoms with E-state index in [1.54, 1.807) is 0 Å². The zero-order valence-electron chi connectivity index (χ0n) is 7.38. The van der Waals surface area contributed by atoms with Crippen molar-refractivity contribution in [1.82, 2.24) is 9.80 Å². The largest absolute Gasteiger partial charge is 0.304 e. The summed E-state index contributed by atoms with van der Waals surface area (Å²) in [6.45, 7) is 3.42. The van der Waals surface area contributed by atoms with Gasteiger partial charge in [-0.2, -0.15) is 0 Å². The highest BCUT2D eigenvalue weighted by atomic mass is 15.3. The minimum Gasteiger partial charge on any atom is -0.304 e. The molecule has 0 bridgehead atoms. The lowest BCUT2D eigenvalue weighted by Gasteiger charge is -2.36. The summed E-state index contributed by atoms with van der Waals surface area (Å²) in [6, 6.07) is 0.568. The molecular weight excluding hydrogens is 136 g/mol. The maximum Gasteiger partial charge on any atom is 0.0329 e. The smallest absolute Gasteiger partial charge is 0.0329 e. The fourth-order valence-electron chi connectivity index (χ4n) is 1.46. The summed E-state index contributed by atoms with van der Waals surface area (Å²) in [7, 11) is 4.30. The first kappa shape index (κ1) is 8.58. The molecule has 62 valence electrons. The molecule has 0 radical (unpaired) electrons. The highest BCUT2D eigenvalue weighted by Crippen LogP contribution is 2.07. The maximum absolute atomic E-state index is 5.27. The van der Waals surface area contributed by atoms with E-state index in [1.165, 1.54) is 0 Å². The Morgan fingerprint density at radius 2 is 2.18 bits per heavy atom. The zero-order valence-corrected chi connectivity index (χ0v) is 7.38. The van der Waals surface area contributed by atoms with Crippen LogP contribution in [-0.2, 0) is 0 Å². The lowest BCUT2D eigenvalue weighted by Crippen LogP contribution is -2.49. The predicted molar refractivity (Wildman–Crippen MR) is 47.4 cm³/mol. The SMILES string of the molecule is C#CCC1CN(C)CCN1C. The molecule has 0 aromatic heterocycles. The second-order valence-corrected chi connectivity index (χ2v) is 3.30. The van der Waals surface area contributed by atoms with Crippen LogP contribution in [0.5, 0.6) is 0 Å². The molecule has 1 aliphatic heterocycles. The third-order valence-corrected chi connectivity index (χ3v) is 2.33. The Balaban J connectivity index is 2.42. The molecule has 11 heavy (non-hydrogen) atoms. The van der Waals surface area contributed by atoms with Gasteiger partial charge in [0.1, 0.15) is 0 Å². The Labute approximate surface area is 69.2 Å². The van der Waals surface area contributed by atoms with E-state index in [9.17, 15) is 0 Å². The first-order valence-corrected chi connectivity index (χ1v) is 4.06. The number of hydrogen-bond acceptors (Lipinski definition) is 2. The van der Waals surface area contributed by atoms with Crippen LogP contribution in [0.15, 0.2) is 0 Å². The number of nitrogens with zero attached hydrogens (tertiary/aromatic N) is 2. The summed E-state index contributed by atoms with van der Waals surface area (Å²) in [4.78, 5) is 4.68. The molecule has 2 nitrogen and oxygen atoms in total. The van der Waals surface area contributed by atoms with Crippen LogP contribution < -0.4 is 0 Å². The fourth-order valence-corrected chi connectivity index (χ4v) is 1.46. The van der Waals surface area contributed by atoms with Crippen molar-refractivity contribution in [3.63, 3.8) is 0 Å². The van der Waals surface area contributed by atoms with E-state index in [1.807, 2.05) is 0 Å². The van der Waals surface area contributed by atoms with Crippen LogP contribution in [0.4, 0.5) is 0 Å². The lowest BCUT2D eigenvalue weighted by molar-refractivity contribution is 0.117. The van der Waals surface area contributed by atoms with E-state index < -0.39 is 0 Å². The van der Waals surface area contributed by atoms with Crippen LogP contribution in [0.25, 0.3) is 0 Å². The minimum atomic E-state index is 0.568. The second kappa shape index (κ2) is 3.75. The summed E-state index contributed by atoms with van der Waals surface area (Å²) in [5.41, 5.74) is 0. The number of terminal acetylenes is 1. The van der Waals surface area contributed by atoms with Gasteiger partial charge in [0.05, 0.1) is 0 Å². The van der Waals surface area contributed by atoms with E-state index in [4.69, 9.17) is 6.42 Å². The molecule has 0 aromatic carbocycles. The summed E-state index contributed by atoms with van der Waals surface area (Å²) in [5.74, 6) is 2.72. The Hall–Kier alpha value is -0.520. The van der Waals surface area contributed by atoms with Crippen molar-refractivity contribution >= 4 is 0 Å². The summed E-state index contributed by atoms with van der Waals surface area (Å²) >= 11 is 0. The highest BCUT2D eigenvalue weighted by molar-refractivity contribution is 4.92. The summed E-state index contributed by atoms with van der Waals surface area (Å²) < 4.78 is 0. The van der Waals surface area contributed by atoms with Crippen LogP contribution in [-0.4, -0.2) is 49.6 Å². The molecule has 0 spiro atoms. The van der Waals surface area contributed by atoms with Crippen LogP contribution >= 0.6 is 0 Å². The van der Waals surface area contributed by atoms with Crippen LogP contribution in [0.3, 0.4) is 0 Å². The Morgan fingerprint density at radius 1 is 1.45 bits per heavy atom. The third-order valence-electron chi connectivity index (χ3n) is 2.33. The molecular formula is C9H16N2. The standard InChI is InChI=1S/C9H16N2/c1-4-5-9-8-10(2)6-7-11(9)3/h1,9H,5-8H2,2-3H3. The maximum atomic E-state index is 5.27. The Kier molecular flexibility index (Phi) is 2.92. The van der Waals surface area contributed by atoms with Crippen LogP contribution in [0, 0.1) is 12.3 Å². The molecule has 0 aliphatic carbocycles. The Bertz CT molecular complexity index is 159. The van der Waals surface area contributed by atoms with Gasteiger partial charge in [-0.1, -0.05) is 0 Å². The topological polar surface area (TPSA) is 6.48 Å². The highest BCUT2D eigenvalue weighted by Gasteiger charge is 2.20. The molecule has 1 unspecified atom stereocenters. The summed E-state index contributed by atoms with van der Waals surface area (Å²) in [6.07, 6.45) is 6.15. The van der Waals surface area contributed by atoms with Gasteiger partial charge >= 0.3 is 0 Å². The molecule has 1 rings (SSSR count). The van der Waals surface area contributed by atoms with Crippen LogP contribution in [0.2, 0.25) is 0 Å². The monoisotopic (exact) mass is 152 g/mol. The lowest BCUT2D eigenvalue weighted by atomic mass is 10.1. The number of piperazine rings is 1. The van der Waals surface area contributed by atoms with Gasteiger partial charge in [0.2, 0.25) is 0 Å². The van der Waals surface area contributed by atoms with Crippen molar-refractivity contribution in [1.29, 1.82) is 0 Å². The van der Waals surface area contributed by atoms with Gasteiger partial charge in [0.15, 0.2) is 0 Å². The van der Waals surface area contributed by atoms with Gasteiger partial charge in [-0.25, -0.2) is 0 Å².